The van der Waals surface area contributed by atoms with Gasteiger partial charge in [-0.1, -0.05) is 0 Å². The molecular formula is C14H19N5O. The SMILES string of the molecule is CC(C)N1CC2CCC(C1)N2C(=O)n1ccnc1C#N. The molecule has 2 unspecified atom stereocenters. The van der Waals surface area contributed by atoms with Crippen molar-refractivity contribution in [1.82, 2.24) is 19.4 Å². The molecule has 1 aromatic heterocycles. The molecule has 6 nitrogen and oxygen atoms in total. The molecule has 2 bridgehead atoms. The van der Waals surface area contributed by atoms with Gasteiger partial charge in [0.05, 0.1) is 0 Å². The minimum atomic E-state index is -0.102. The average Bonchev–Trinajstić information content (AvgIpc) is 3.00. The molecule has 0 aliphatic carbocycles. The zero-order valence-electron chi connectivity index (χ0n) is 11.9. The lowest BCUT2D eigenvalue weighted by atomic mass is 10.1. The van der Waals surface area contributed by atoms with E-state index in [1.165, 1.54) is 10.8 Å². The van der Waals surface area contributed by atoms with Crippen LogP contribution in [0.2, 0.25) is 0 Å². The third kappa shape index (κ3) is 1.98. The van der Waals surface area contributed by atoms with Crippen LogP contribution in [0, 0.1) is 11.3 Å². The van der Waals surface area contributed by atoms with Crippen molar-refractivity contribution in [3.8, 4) is 6.07 Å². The summed E-state index contributed by atoms with van der Waals surface area (Å²) >= 11 is 0. The summed E-state index contributed by atoms with van der Waals surface area (Å²) in [6.07, 6.45) is 5.18. The summed E-state index contributed by atoms with van der Waals surface area (Å²) < 4.78 is 1.37. The first-order chi connectivity index (χ1) is 9.61. The van der Waals surface area contributed by atoms with E-state index >= 15 is 0 Å². The van der Waals surface area contributed by atoms with Gasteiger partial charge >= 0.3 is 6.03 Å². The number of rotatable bonds is 1. The predicted octanol–water partition coefficient (Wildman–Crippen LogP) is 1.28. The van der Waals surface area contributed by atoms with E-state index in [1.54, 1.807) is 6.20 Å². The lowest BCUT2D eigenvalue weighted by Gasteiger charge is -2.42. The standard InChI is InChI=1S/C14H19N5O/c1-10(2)17-8-11-3-4-12(9-17)19(11)14(20)18-6-5-16-13(18)7-15/h5-6,10-12H,3-4,8-9H2,1-2H3. The second kappa shape index (κ2) is 4.91. The predicted molar refractivity (Wildman–Crippen MR) is 73.1 cm³/mol. The molecule has 0 N–H and O–H groups in total. The maximum Gasteiger partial charge on any atom is 0.331 e. The smallest absolute Gasteiger partial charge is 0.315 e. The summed E-state index contributed by atoms with van der Waals surface area (Å²) in [5.74, 6) is 0.167. The van der Waals surface area contributed by atoms with E-state index in [-0.39, 0.29) is 23.9 Å². The van der Waals surface area contributed by atoms with Crippen LogP contribution in [0.5, 0.6) is 0 Å². The van der Waals surface area contributed by atoms with Crippen molar-refractivity contribution in [3.05, 3.63) is 18.2 Å². The van der Waals surface area contributed by atoms with Crippen molar-refractivity contribution < 1.29 is 4.79 Å². The highest BCUT2D eigenvalue weighted by Crippen LogP contribution is 2.31. The first kappa shape index (κ1) is 13.1. The zero-order valence-corrected chi connectivity index (χ0v) is 11.9. The molecular weight excluding hydrogens is 254 g/mol. The molecule has 3 rings (SSSR count). The Bertz CT molecular complexity index is 544. The molecule has 0 spiro atoms. The summed E-state index contributed by atoms with van der Waals surface area (Å²) in [5.41, 5.74) is 0. The van der Waals surface area contributed by atoms with E-state index < -0.39 is 0 Å². The molecule has 2 aliphatic rings. The number of carbonyl (C=O) groups is 1. The van der Waals surface area contributed by atoms with Crippen molar-refractivity contribution in [2.45, 2.75) is 44.8 Å². The molecule has 2 aliphatic heterocycles. The Balaban J connectivity index is 1.83. The molecule has 2 atom stereocenters. The molecule has 3 heterocycles. The van der Waals surface area contributed by atoms with E-state index in [1.807, 2.05) is 11.0 Å². The molecule has 2 fully saturated rings. The summed E-state index contributed by atoms with van der Waals surface area (Å²) in [4.78, 5) is 21.0. The van der Waals surface area contributed by atoms with Gasteiger partial charge in [-0.2, -0.15) is 5.26 Å². The normalized spacial score (nSPS) is 26.0. The Morgan fingerprint density at radius 2 is 2.05 bits per heavy atom. The van der Waals surface area contributed by atoms with Gasteiger partial charge in [-0.3, -0.25) is 4.90 Å². The van der Waals surface area contributed by atoms with Gasteiger partial charge < -0.3 is 4.90 Å². The van der Waals surface area contributed by atoms with Gasteiger partial charge in [0.25, 0.3) is 0 Å². The monoisotopic (exact) mass is 273 g/mol. The molecule has 106 valence electrons. The number of hydrogen-bond acceptors (Lipinski definition) is 4. The Kier molecular flexibility index (Phi) is 3.22. The molecule has 6 heteroatoms. The van der Waals surface area contributed by atoms with E-state index in [0.717, 1.165) is 25.9 Å². The third-order valence-corrected chi connectivity index (χ3v) is 4.41. The molecule has 1 amide bonds. The van der Waals surface area contributed by atoms with Crippen LogP contribution < -0.4 is 0 Å². The highest BCUT2D eigenvalue weighted by Gasteiger charge is 2.43. The number of carbonyl (C=O) groups excluding carboxylic acids is 1. The highest BCUT2D eigenvalue weighted by molar-refractivity contribution is 5.79. The molecule has 2 saturated heterocycles. The fourth-order valence-corrected chi connectivity index (χ4v) is 3.33. The van der Waals surface area contributed by atoms with Crippen LogP contribution in [0.15, 0.2) is 12.4 Å². The Hall–Kier alpha value is -1.87. The number of aromatic nitrogens is 2. The average molecular weight is 273 g/mol. The second-order valence-corrected chi connectivity index (χ2v) is 5.86. The first-order valence-electron chi connectivity index (χ1n) is 7.12. The maximum atomic E-state index is 12.7. The van der Waals surface area contributed by atoms with E-state index in [4.69, 9.17) is 5.26 Å². The van der Waals surface area contributed by atoms with Crippen LogP contribution >= 0.6 is 0 Å². The van der Waals surface area contributed by atoms with Gasteiger partial charge in [0.15, 0.2) is 0 Å². The number of piperazine rings is 1. The van der Waals surface area contributed by atoms with E-state index in [9.17, 15) is 4.79 Å². The van der Waals surface area contributed by atoms with Gasteiger partial charge in [0.2, 0.25) is 5.82 Å². The van der Waals surface area contributed by atoms with Crippen LogP contribution in [0.25, 0.3) is 0 Å². The van der Waals surface area contributed by atoms with E-state index in [2.05, 4.69) is 23.7 Å². The van der Waals surface area contributed by atoms with Crippen molar-refractivity contribution in [2.75, 3.05) is 13.1 Å². The topological polar surface area (TPSA) is 65.2 Å². The van der Waals surface area contributed by atoms with Crippen LogP contribution in [0.4, 0.5) is 4.79 Å². The van der Waals surface area contributed by atoms with Gasteiger partial charge in [0.1, 0.15) is 6.07 Å². The summed E-state index contributed by atoms with van der Waals surface area (Å²) in [5, 5.41) is 9.00. The number of likely N-dealkylation sites (tertiary alicyclic amines) is 1. The minimum Gasteiger partial charge on any atom is -0.315 e. The summed E-state index contributed by atoms with van der Waals surface area (Å²) in [6.45, 7) is 6.24. The second-order valence-electron chi connectivity index (χ2n) is 5.86. The number of fused-ring (bicyclic) bond motifs is 2. The van der Waals surface area contributed by atoms with Gasteiger partial charge in [-0.25, -0.2) is 14.3 Å². The van der Waals surface area contributed by atoms with Crippen LogP contribution in [0.1, 0.15) is 32.5 Å². The number of hydrogen-bond donors (Lipinski definition) is 0. The van der Waals surface area contributed by atoms with Crippen molar-refractivity contribution in [1.29, 1.82) is 5.26 Å². The largest absolute Gasteiger partial charge is 0.331 e. The molecule has 0 aromatic carbocycles. The lowest BCUT2D eigenvalue weighted by molar-refractivity contribution is 0.0710. The lowest BCUT2D eigenvalue weighted by Crippen LogP contribution is -2.58. The van der Waals surface area contributed by atoms with E-state index in [0.29, 0.717) is 6.04 Å². The molecule has 0 radical (unpaired) electrons. The Labute approximate surface area is 118 Å². The van der Waals surface area contributed by atoms with Crippen LogP contribution in [-0.2, 0) is 0 Å². The number of imidazole rings is 1. The van der Waals surface area contributed by atoms with Crippen molar-refractivity contribution in [3.63, 3.8) is 0 Å². The molecule has 20 heavy (non-hydrogen) atoms. The van der Waals surface area contributed by atoms with Crippen molar-refractivity contribution >= 4 is 6.03 Å². The summed E-state index contributed by atoms with van der Waals surface area (Å²) in [6, 6.07) is 2.90. The van der Waals surface area contributed by atoms with Crippen LogP contribution in [0.3, 0.4) is 0 Å². The van der Waals surface area contributed by atoms with Gasteiger partial charge in [-0.15, -0.1) is 0 Å². The zero-order chi connectivity index (χ0) is 14.3. The number of nitrogens with zero attached hydrogens (tertiary/aromatic N) is 5. The maximum absolute atomic E-state index is 12.7. The minimum absolute atomic E-state index is 0.102. The Morgan fingerprint density at radius 1 is 1.40 bits per heavy atom. The number of nitriles is 1. The first-order valence-corrected chi connectivity index (χ1v) is 7.12. The van der Waals surface area contributed by atoms with Crippen molar-refractivity contribution in [2.24, 2.45) is 0 Å². The number of amides is 1. The fraction of sp³-hybridized carbons (Fsp3) is 0.643. The quantitative estimate of drug-likeness (QED) is 0.773. The molecule has 0 saturated carbocycles. The van der Waals surface area contributed by atoms with Gasteiger partial charge in [0, 0.05) is 43.6 Å². The third-order valence-electron chi connectivity index (χ3n) is 4.41. The van der Waals surface area contributed by atoms with Crippen LogP contribution in [-0.4, -0.2) is 56.6 Å². The van der Waals surface area contributed by atoms with Gasteiger partial charge in [-0.05, 0) is 26.7 Å². The fourth-order valence-electron chi connectivity index (χ4n) is 3.33. The highest BCUT2D eigenvalue weighted by atomic mass is 16.2. The molecule has 1 aromatic rings. The Morgan fingerprint density at radius 3 is 2.60 bits per heavy atom. The summed E-state index contributed by atoms with van der Waals surface area (Å²) in [7, 11) is 0.